The van der Waals surface area contributed by atoms with Crippen LogP contribution in [0.5, 0.6) is 5.75 Å². The molecule has 1 aromatic rings. The van der Waals surface area contributed by atoms with E-state index < -0.39 is 0 Å². The molecule has 90 valence electrons. The number of benzene rings is 1. The summed E-state index contributed by atoms with van der Waals surface area (Å²) in [5.74, 6) is 0.868. The highest BCUT2D eigenvalue weighted by molar-refractivity contribution is 5.98. The summed E-state index contributed by atoms with van der Waals surface area (Å²) in [6.45, 7) is 2.31. The van der Waals surface area contributed by atoms with Crippen molar-refractivity contribution in [1.82, 2.24) is 0 Å². The molecule has 4 heteroatoms. The van der Waals surface area contributed by atoms with Crippen LogP contribution in [0.1, 0.15) is 12.8 Å². The number of amides is 1. The van der Waals surface area contributed by atoms with Crippen LogP contribution in [0.15, 0.2) is 18.2 Å². The largest absolute Gasteiger partial charge is 0.479 e. The summed E-state index contributed by atoms with van der Waals surface area (Å²) >= 11 is 0. The van der Waals surface area contributed by atoms with Gasteiger partial charge in [0, 0.05) is 20.1 Å². The van der Waals surface area contributed by atoms with Crippen LogP contribution in [0.3, 0.4) is 0 Å². The third-order valence-corrected chi connectivity index (χ3v) is 3.50. The minimum Gasteiger partial charge on any atom is -0.479 e. The zero-order valence-corrected chi connectivity index (χ0v) is 9.98. The lowest BCUT2D eigenvalue weighted by molar-refractivity contribution is -0.120. The molecule has 3 rings (SSSR count). The molecule has 0 bridgehead atoms. The first-order valence-electron chi connectivity index (χ1n) is 6.04. The van der Waals surface area contributed by atoms with Crippen molar-refractivity contribution in [3.05, 3.63) is 18.2 Å². The molecule has 1 saturated heterocycles. The smallest absolute Gasteiger partial charge is 0.264 e. The molecule has 17 heavy (non-hydrogen) atoms. The van der Waals surface area contributed by atoms with Crippen LogP contribution in [-0.4, -0.2) is 32.7 Å². The van der Waals surface area contributed by atoms with Gasteiger partial charge in [0.15, 0.2) is 12.4 Å². The molecule has 0 spiro atoms. The molecule has 0 saturated carbocycles. The zero-order valence-electron chi connectivity index (χ0n) is 9.98. The molecule has 4 nitrogen and oxygen atoms in total. The van der Waals surface area contributed by atoms with Crippen molar-refractivity contribution in [1.29, 1.82) is 0 Å². The van der Waals surface area contributed by atoms with Crippen LogP contribution in [0.2, 0.25) is 0 Å². The van der Waals surface area contributed by atoms with Crippen LogP contribution in [-0.2, 0) is 4.79 Å². The first-order valence-corrected chi connectivity index (χ1v) is 6.04. The number of para-hydroxylation sites is 1. The second-order valence-corrected chi connectivity index (χ2v) is 4.56. The summed E-state index contributed by atoms with van der Waals surface area (Å²) in [4.78, 5) is 15.6. The molecule has 2 aliphatic rings. The number of ether oxygens (including phenoxy) is 1. The van der Waals surface area contributed by atoms with Crippen LogP contribution in [0.25, 0.3) is 0 Å². The van der Waals surface area contributed by atoms with Gasteiger partial charge < -0.3 is 14.5 Å². The van der Waals surface area contributed by atoms with Crippen molar-refractivity contribution < 1.29 is 9.53 Å². The molecule has 2 aliphatic heterocycles. The van der Waals surface area contributed by atoms with E-state index in [1.165, 1.54) is 12.8 Å². The maximum absolute atomic E-state index is 11.6. The Labute approximate surface area is 101 Å². The Hall–Kier alpha value is -1.71. The Morgan fingerprint density at radius 1 is 1.18 bits per heavy atom. The maximum atomic E-state index is 11.6. The lowest BCUT2D eigenvalue weighted by atomic mass is 10.2. The van der Waals surface area contributed by atoms with Gasteiger partial charge in [0.25, 0.3) is 5.91 Å². The van der Waals surface area contributed by atoms with Crippen molar-refractivity contribution in [2.45, 2.75) is 12.8 Å². The summed E-state index contributed by atoms with van der Waals surface area (Å²) in [5, 5.41) is 0. The maximum Gasteiger partial charge on any atom is 0.264 e. The van der Waals surface area contributed by atoms with E-state index in [0.29, 0.717) is 0 Å². The number of rotatable bonds is 1. The van der Waals surface area contributed by atoms with Gasteiger partial charge in [-0.25, -0.2) is 0 Å². The molecule has 0 N–H and O–H groups in total. The SMILES string of the molecule is CN1C(=O)COc2c(N3CCCC3)cccc21. The molecule has 0 aromatic heterocycles. The van der Waals surface area contributed by atoms with E-state index in [1.54, 1.807) is 11.9 Å². The Balaban J connectivity index is 2.03. The quantitative estimate of drug-likeness (QED) is 0.738. The van der Waals surface area contributed by atoms with Crippen LogP contribution >= 0.6 is 0 Å². The van der Waals surface area contributed by atoms with E-state index in [-0.39, 0.29) is 12.5 Å². The van der Waals surface area contributed by atoms with Gasteiger partial charge in [-0.2, -0.15) is 0 Å². The van der Waals surface area contributed by atoms with Crippen molar-refractivity contribution in [2.24, 2.45) is 0 Å². The molecule has 1 fully saturated rings. The summed E-state index contributed by atoms with van der Waals surface area (Å²) in [6, 6.07) is 6.00. The second kappa shape index (κ2) is 3.95. The predicted molar refractivity (Wildman–Crippen MR) is 66.8 cm³/mol. The fourth-order valence-corrected chi connectivity index (χ4v) is 2.50. The first kappa shape index (κ1) is 10.4. The minimum atomic E-state index is 0.0103. The average Bonchev–Trinajstić information content (AvgIpc) is 2.87. The van der Waals surface area contributed by atoms with Crippen molar-refractivity contribution in [3.63, 3.8) is 0 Å². The standard InChI is InChI=1S/C13H16N2O2/c1-14-10-5-4-6-11(15-7-2-3-8-15)13(10)17-9-12(14)16/h4-6H,2-3,7-9H2,1H3. The fourth-order valence-electron chi connectivity index (χ4n) is 2.50. The third kappa shape index (κ3) is 1.64. The Kier molecular flexibility index (Phi) is 2.42. The summed E-state index contributed by atoms with van der Waals surface area (Å²) in [6.07, 6.45) is 2.47. The summed E-state index contributed by atoms with van der Waals surface area (Å²) in [7, 11) is 1.80. The highest BCUT2D eigenvalue weighted by Gasteiger charge is 2.27. The van der Waals surface area contributed by atoms with E-state index in [0.717, 1.165) is 30.2 Å². The van der Waals surface area contributed by atoms with Crippen molar-refractivity contribution >= 4 is 17.3 Å². The average molecular weight is 232 g/mol. The molecule has 0 unspecified atom stereocenters. The molecular weight excluding hydrogens is 216 g/mol. The molecule has 1 amide bonds. The van der Waals surface area contributed by atoms with Crippen molar-refractivity contribution in [3.8, 4) is 5.75 Å². The van der Waals surface area contributed by atoms with Crippen LogP contribution in [0.4, 0.5) is 11.4 Å². The van der Waals surface area contributed by atoms with Crippen LogP contribution < -0.4 is 14.5 Å². The number of anilines is 2. The monoisotopic (exact) mass is 232 g/mol. The summed E-state index contributed by atoms with van der Waals surface area (Å²) < 4.78 is 5.62. The lowest BCUT2D eigenvalue weighted by Crippen LogP contribution is -2.36. The number of fused-ring (bicyclic) bond motifs is 1. The molecule has 0 radical (unpaired) electrons. The van der Waals surface area contributed by atoms with Crippen LogP contribution in [0, 0.1) is 0 Å². The summed E-state index contributed by atoms with van der Waals surface area (Å²) in [5.41, 5.74) is 2.00. The van der Waals surface area contributed by atoms with Crippen molar-refractivity contribution in [2.75, 3.05) is 36.5 Å². The molecule has 0 atom stereocenters. The van der Waals surface area contributed by atoms with Gasteiger partial charge in [0.1, 0.15) is 0 Å². The number of nitrogens with zero attached hydrogens (tertiary/aromatic N) is 2. The molecule has 0 aliphatic carbocycles. The van der Waals surface area contributed by atoms with E-state index in [4.69, 9.17) is 4.74 Å². The minimum absolute atomic E-state index is 0.0103. The Bertz CT molecular complexity index is 453. The van der Waals surface area contributed by atoms with Gasteiger partial charge >= 0.3 is 0 Å². The normalized spacial score (nSPS) is 19.2. The van der Waals surface area contributed by atoms with Gasteiger partial charge in [0.2, 0.25) is 0 Å². The topological polar surface area (TPSA) is 32.8 Å². The van der Waals surface area contributed by atoms with Gasteiger partial charge in [-0.1, -0.05) is 6.07 Å². The van der Waals surface area contributed by atoms with Gasteiger partial charge in [-0.15, -0.1) is 0 Å². The van der Waals surface area contributed by atoms with E-state index in [2.05, 4.69) is 11.0 Å². The zero-order chi connectivity index (χ0) is 11.8. The van der Waals surface area contributed by atoms with Gasteiger partial charge in [-0.3, -0.25) is 4.79 Å². The molecular formula is C13H16N2O2. The highest BCUT2D eigenvalue weighted by atomic mass is 16.5. The van der Waals surface area contributed by atoms with Gasteiger partial charge in [0.05, 0.1) is 11.4 Å². The number of likely N-dealkylation sites (N-methyl/N-ethyl adjacent to an activating group) is 1. The van der Waals surface area contributed by atoms with E-state index in [9.17, 15) is 4.79 Å². The van der Waals surface area contributed by atoms with Gasteiger partial charge in [-0.05, 0) is 25.0 Å². The molecule has 2 heterocycles. The van der Waals surface area contributed by atoms with E-state index in [1.807, 2.05) is 12.1 Å². The number of hydrogen-bond donors (Lipinski definition) is 0. The van der Waals surface area contributed by atoms with E-state index >= 15 is 0 Å². The number of carbonyl (C=O) groups is 1. The molecule has 1 aromatic carbocycles. The second-order valence-electron chi connectivity index (χ2n) is 4.56. The predicted octanol–water partition coefficient (Wildman–Crippen LogP) is 1.64. The number of carbonyl (C=O) groups excluding carboxylic acids is 1. The number of hydrogen-bond acceptors (Lipinski definition) is 3. The fraction of sp³-hybridized carbons (Fsp3) is 0.462. The Morgan fingerprint density at radius 3 is 2.65 bits per heavy atom. The Morgan fingerprint density at radius 2 is 1.88 bits per heavy atom. The third-order valence-electron chi connectivity index (χ3n) is 3.50. The highest BCUT2D eigenvalue weighted by Crippen LogP contribution is 2.40. The first-order chi connectivity index (χ1) is 8.27. The lowest BCUT2D eigenvalue weighted by Gasteiger charge is -2.30.